The minimum atomic E-state index is -1.30. The van der Waals surface area contributed by atoms with Crippen molar-refractivity contribution in [2.75, 3.05) is 26.0 Å². The van der Waals surface area contributed by atoms with Crippen LogP contribution in [0.2, 0.25) is 0 Å². The average Bonchev–Trinajstić information content (AvgIpc) is 3.07. The normalized spacial score (nSPS) is 17.4. The molecular weight excluding hydrogens is 436 g/mol. The summed E-state index contributed by atoms with van der Waals surface area (Å²) in [5.74, 6) is -0.581. The second kappa shape index (κ2) is 8.86. The van der Waals surface area contributed by atoms with Crippen LogP contribution >= 0.6 is 0 Å². The summed E-state index contributed by atoms with van der Waals surface area (Å²) >= 11 is 0. The van der Waals surface area contributed by atoms with Crippen LogP contribution in [0, 0.1) is 0 Å². The summed E-state index contributed by atoms with van der Waals surface area (Å²) in [6, 6.07) is 16.7. The van der Waals surface area contributed by atoms with E-state index in [4.69, 9.17) is 4.74 Å². The number of hydrogen-bond acceptors (Lipinski definition) is 5. The Labute approximate surface area is 196 Å². The predicted octanol–water partition coefficient (Wildman–Crippen LogP) is 2.61. The second-order valence-corrected chi connectivity index (χ2v) is 8.08. The van der Waals surface area contributed by atoms with Gasteiger partial charge in [-0.15, -0.1) is 0 Å². The van der Waals surface area contributed by atoms with E-state index in [2.05, 4.69) is 16.0 Å². The van der Waals surface area contributed by atoms with Crippen LogP contribution in [-0.2, 0) is 15.1 Å². The van der Waals surface area contributed by atoms with E-state index in [-0.39, 0.29) is 5.91 Å². The molecule has 1 unspecified atom stereocenters. The van der Waals surface area contributed by atoms with Gasteiger partial charge < -0.3 is 20.7 Å². The van der Waals surface area contributed by atoms with Gasteiger partial charge in [-0.3, -0.25) is 19.3 Å². The summed E-state index contributed by atoms with van der Waals surface area (Å²) in [6.07, 6.45) is 0. The number of ether oxygens (including phenoxy) is 1. The fourth-order valence-electron chi connectivity index (χ4n) is 3.89. The van der Waals surface area contributed by atoms with Crippen LogP contribution in [0.15, 0.2) is 60.7 Å². The molecule has 9 nitrogen and oxygen atoms in total. The van der Waals surface area contributed by atoms with E-state index in [1.165, 1.54) is 7.05 Å². The third kappa shape index (κ3) is 4.15. The van der Waals surface area contributed by atoms with E-state index >= 15 is 0 Å². The van der Waals surface area contributed by atoms with Crippen molar-refractivity contribution in [3.05, 3.63) is 71.8 Å². The molecule has 9 heteroatoms. The van der Waals surface area contributed by atoms with E-state index in [0.717, 1.165) is 21.4 Å². The van der Waals surface area contributed by atoms with Gasteiger partial charge >= 0.3 is 6.03 Å². The molecule has 1 aliphatic heterocycles. The maximum Gasteiger partial charge on any atom is 0.325 e. The van der Waals surface area contributed by atoms with Crippen molar-refractivity contribution in [1.82, 2.24) is 15.5 Å². The smallest absolute Gasteiger partial charge is 0.325 e. The zero-order valence-corrected chi connectivity index (χ0v) is 19.0. The Morgan fingerprint density at radius 2 is 1.68 bits per heavy atom. The van der Waals surface area contributed by atoms with Gasteiger partial charge in [0.1, 0.15) is 17.8 Å². The Hall–Kier alpha value is -4.40. The number of fused-ring (bicyclic) bond motifs is 1. The number of urea groups is 1. The molecule has 0 saturated carbocycles. The number of benzene rings is 3. The van der Waals surface area contributed by atoms with Gasteiger partial charge in [0.15, 0.2) is 0 Å². The monoisotopic (exact) mass is 460 g/mol. The molecule has 3 aromatic rings. The summed E-state index contributed by atoms with van der Waals surface area (Å²) in [6.45, 7) is 1.18. The number of nitrogens with zero attached hydrogens (tertiary/aromatic N) is 1. The Balaban J connectivity index is 1.49. The molecule has 0 bridgehead atoms. The lowest BCUT2D eigenvalue weighted by Gasteiger charge is -2.22. The van der Waals surface area contributed by atoms with E-state index in [0.29, 0.717) is 16.8 Å². The first-order chi connectivity index (χ1) is 16.2. The van der Waals surface area contributed by atoms with Crippen LogP contribution < -0.4 is 20.7 Å². The minimum Gasteiger partial charge on any atom is -0.497 e. The van der Waals surface area contributed by atoms with E-state index in [9.17, 15) is 19.2 Å². The van der Waals surface area contributed by atoms with Crippen LogP contribution in [0.5, 0.6) is 5.75 Å². The lowest BCUT2D eigenvalue weighted by Crippen LogP contribution is -2.42. The number of carbonyl (C=O) groups excluding carboxylic acids is 4. The minimum absolute atomic E-state index is 0.246. The van der Waals surface area contributed by atoms with Gasteiger partial charge in [0.25, 0.3) is 11.8 Å². The van der Waals surface area contributed by atoms with Crippen LogP contribution in [0.1, 0.15) is 22.8 Å². The Morgan fingerprint density at radius 3 is 2.35 bits per heavy atom. The van der Waals surface area contributed by atoms with Crippen molar-refractivity contribution < 1.29 is 23.9 Å². The molecule has 0 aliphatic carbocycles. The van der Waals surface area contributed by atoms with E-state index in [1.54, 1.807) is 44.4 Å². The molecule has 1 atom stereocenters. The van der Waals surface area contributed by atoms with Gasteiger partial charge in [-0.05, 0) is 65.7 Å². The van der Waals surface area contributed by atoms with E-state index < -0.39 is 29.9 Å². The third-order valence-electron chi connectivity index (χ3n) is 5.86. The Morgan fingerprint density at radius 1 is 1.00 bits per heavy atom. The number of methoxy groups -OCH3 is 1. The molecule has 1 aliphatic rings. The predicted molar refractivity (Wildman–Crippen MR) is 127 cm³/mol. The SMILES string of the molecule is CNC(=O)c1ccc(NC(=O)CN2C(=O)NC(C)(c3ccc4cc(OC)ccc4c3)C2=O)cc1. The van der Waals surface area contributed by atoms with Crippen LogP contribution in [-0.4, -0.2) is 49.4 Å². The fourth-order valence-corrected chi connectivity index (χ4v) is 3.89. The molecule has 0 aromatic heterocycles. The number of hydrogen-bond donors (Lipinski definition) is 3. The molecule has 4 rings (SSSR count). The van der Waals surface area contributed by atoms with Crippen molar-refractivity contribution in [2.45, 2.75) is 12.5 Å². The summed E-state index contributed by atoms with van der Waals surface area (Å²) in [5.41, 5.74) is 0.188. The number of imide groups is 1. The molecule has 1 saturated heterocycles. The zero-order valence-electron chi connectivity index (χ0n) is 19.0. The highest BCUT2D eigenvalue weighted by Gasteiger charge is 2.49. The molecule has 3 aromatic carbocycles. The molecule has 3 N–H and O–H groups in total. The van der Waals surface area contributed by atoms with Crippen LogP contribution in [0.4, 0.5) is 10.5 Å². The summed E-state index contributed by atoms with van der Waals surface area (Å²) in [4.78, 5) is 50.9. The first-order valence-corrected chi connectivity index (χ1v) is 10.6. The number of amides is 5. The number of anilines is 1. The van der Waals surface area contributed by atoms with Gasteiger partial charge in [-0.25, -0.2) is 4.79 Å². The third-order valence-corrected chi connectivity index (χ3v) is 5.86. The maximum absolute atomic E-state index is 13.2. The van der Waals surface area contributed by atoms with Crippen molar-refractivity contribution in [1.29, 1.82) is 0 Å². The van der Waals surface area contributed by atoms with Crippen molar-refractivity contribution >= 4 is 40.2 Å². The Bertz CT molecular complexity index is 1300. The average molecular weight is 460 g/mol. The van der Waals surface area contributed by atoms with Gasteiger partial charge in [0.05, 0.1) is 7.11 Å². The number of rotatable bonds is 6. The highest BCUT2D eigenvalue weighted by molar-refractivity contribution is 6.10. The van der Waals surface area contributed by atoms with Crippen molar-refractivity contribution in [2.24, 2.45) is 0 Å². The van der Waals surface area contributed by atoms with Crippen molar-refractivity contribution in [3.8, 4) is 5.75 Å². The summed E-state index contributed by atoms with van der Waals surface area (Å²) in [7, 11) is 3.12. The van der Waals surface area contributed by atoms with E-state index in [1.807, 2.05) is 30.3 Å². The molecule has 5 amide bonds. The van der Waals surface area contributed by atoms with Gasteiger partial charge in [-0.2, -0.15) is 0 Å². The standard InChI is InChI=1S/C25H24N4O5/c1-25(18-8-4-17-13-20(34-3)11-7-16(17)12-18)23(32)29(24(33)28-25)14-21(30)27-19-9-5-15(6-10-19)22(31)26-2/h4-13H,14H2,1-3H3,(H,26,31)(H,27,30)(H,28,33). The molecule has 34 heavy (non-hydrogen) atoms. The highest BCUT2D eigenvalue weighted by Crippen LogP contribution is 2.32. The largest absolute Gasteiger partial charge is 0.497 e. The van der Waals surface area contributed by atoms with Crippen LogP contribution in [0.25, 0.3) is 10.8 Å². The fraction of sp³-hybridized carbons (Fsp3) is 0.200. The van der Waals surface area contributed by atoms with Crippen molar-refractivity contribution in [3.63, 3.8) is 0 Å². The molecule has 0 spiro atoms. The maximum atomic E-state index is 13.2. The quantitative estimate of drug-likeness (QED) is 0.489. The number of carbonyl (C=O) groups is 4. The Kier molecular flexibility index (Phi) is 5.93. The van der Waals surface area contributed by atoms with Crippen LogP contribution in [0.3, 0.4) is 0 Å². The molecule has 1 fully saturated rings. The lowest BCUT2D eigenvalue weighted by molar-refractivity contribution is -0.133. The van der Waals surface area contributed by atoms with Gasteiger partial charge in [0.2, 0.25) is 5.91 Å². The first-order valence-electron chi connectivity index (χ1n) is 10.6. The van der Waals surface area contributed by atoms with Gasteiger partial charge in [0, 0.05) is 18.3 Å². The summed E-state index contributed by atoms with van der Waals surface area (Å²) in [5, 5.41) is 9.69. The molecule has 0 radical (unpaired) electrons. The number of nitrogens with one attached hydrogen (secondary N) is 3. The topological polar surface area (TPSA) is 117 Å². The molecular formula is C25H24N4O5. The molecule has 1 heterocycles. The molecule has 174 valence electrons. The van der Waals surface area contributed by atoms with Gasteiger partial charge in [-0.1, -0.05) is 18.2 Å². The first kappa shape index (κ1) is 22.8. The lowest BCUT2D eigenvalue weighted by atomic mass is 9.90. The second-order valence-electron chi connectivity index (χ2n) is 8.08. The zero-order chi connectivity index (χ0) is 24.5. The highest BCUT2D eigenvalue weighted by atomic mass is 16.5. The summed E-state index contributed by atoms with van der Waals surface area (Å²) < 4.78 is 5.24.